The molecule has 0 bridgehead atoms. The van der Waals surface area contributed by atoms with E-state index in [1.165, 1.54) is 38.5 Å². The van der Waals surface area contributed by atoms with Gasteiger partial charge in [0.2, 0.25) is 0 Å². The zero-order chi connectivity index (χ0) is 12.3. The largest absolute Gasteiger partial charge is 0.381 e. The average molecular weight is 239 g/mol. The molecule has 2 rings (SSSR count). The molecule has 1 saturated heterocycles. The Morgan fingerprint density at radius 3 is 2.47 bits per heavy atom. The lowest BCUT2D eigenvalue weighted by Crippen LogP contribution is -2.48. The second-order valence-electron chi connectivity index (χ2n) is 6.56. The Morgan fingerprint density at radius 1 is 1.29 bits per heavy atom. The minimum atomic E-state index is 0.557. The van der Waals surface area contributed by atoms with Gasteiger partial charge in [0.1, 0.15) is 0 Å². The Bertz CT molecular complexity index is 227. The molecule has 0 spiro atoms. The van der Waals surface area contributed by atoms with Gasteiger partial charge in [-0.2, -0.15) is 0 Å². The van der Waals surface area contributed by atoms with Crippen molar-refractivity contribution in [3.63, 3.8) is 0 Å². The van der Waals surface area contributed by atoms with Crippen molar-refractivity contribution >= 4 is 0 Å². The maximum atomic E-state index is 5.61. The highest BCUT2D eigenvalue weighted by Gasteiger charge is 2.44. The fourth-order valence-electron chi connectivity index (χ4n) is 4.39. The molecule has 2 fully saturated rings. The molecule has 1 aliphatic carbocycles. The quantitative estimate of drug-likeness (QED) is 0.795. The molecule has 1 N–H and O–H groups in total. The first-order valence-electron chi connectivity index (χ1n) is 7.43. The van der Waals surface area contributed by atoms with Gasteiger partial charge < -0.3 is 10.1 Å². The molecule has 1 saturated carbocycles. The zero-order valence-electron chi connectivity index (χ0n) is 11.8. The van der Waals surface area contributed by atoms with Gasteiger partial charge in [0.15, 0.2) is 0 Å². The van der Waals surface area contributed by atoms with E-state index in [2.05, 4.69) is 26.2 Å². The summed E-state index contributed by atoms with van der Waals surface area (Å²) in [5.74, 6) is 1.56. The molecule has 100 valence electrons. The lowest BCUT2D eigenvalue weighted by molar-refractivity contribution is 0.101. The minimum Gasteiger partial charge on any atom is -0.381 e. The van der Waals surface area contributed by atoms with Crippen LogP contribution in [0.25, 0.3) is 0 Å². The van der Waals surface area contributed by atoms with Crippen molar-refractivity contribution in [1.82, 2.24) is 5.32 Å². The van der Waals surface area contributed by atoms with Crippen molar-refractivity contribution in [3.05, 3.63) is 0 Å². The molecular formula is C15H29NO. The minimum absolute atomic E-state index is 0.557. The number of hydrogen-bond acceptors (Lipinski definition) is 2. The third-order valence-electron chi connectivity index (χ3n) is 4.82. The van der Waals surface area contributed by atoms with Gasteiger partial charge in [-0.25, -0.2) is 0 Å². The van der Waals surface area contributed by atoms with Crippen LogP contribution in [-0.2, 0) is 4.74 Å². The molecule has 0 aromatic carbocycles. The van der Waals surface area contributed by atoms with Crippen LogP contribution >= 0.6 is 0 Å². The molecule has 2 heteroatoms. The predicted molar refractivity (Wildman–Crippen MR) is 72.1 cm³/mol. The van der Waals surface area contributed by atoms with Gasteiger partial charge in [0.05, 0.1) is 6.61 Å². The predicted octanol–water partition coefficient (Wildman–Crippen LogP) is 3.22. The molecule has 0 radical (unpaired) electrons. The Hall–Kier alpha value is -0.0800. The molecule has 2 nitrogen and oxygen atoms in total. The third kappa shape index (κ3) is 2.85. The van der Waals surface area contributed by atoms with Gasteiger partial charge >= 0.3 is 0 Å². The second kappa shape index (κ2) is 5.71. The van der Waals surface area contributed by atoms with Crippen molar-refractivity contribution in [2.45, 2.75) is 58.4 Å². The molecule has 0 amide bonds. The van der Waals surface area contributed by atoms with E-state index in [1.54, 1.807) is 0 Å². The first kappa shape index (κ1) is 13.4. The first-order chi connectivity index (χ1) is 8.18. The van der Waals surface area contributed by atoms with E-state index in [-0.39, 0.29) is 0 Å². The van der Waals surface area contributed by atoms with Crippen LogP contribution in [0.4, 0.5) is 0 Å². The summed E-state index contributed by atoms with van der Waals surface area (Å²) in [6, 6.07) is 0.676. The van der Waals surface area contributed by atoms with E-state index in [9.17, 15) is 0 Å². The van der Waals surface area contributed by atoms with Crippen LogP contribution in [0, 0.1) is 17.3 Å². The lowest BCUT2D eigenvalue weighted by atomic mass is 9.68. The summed E-state index contributed by atoms with van der Waals surface area (Å²) in [6.45, 7) is 6.70. The number of nitrogens with one attached hydrogen (secondary N) is 1. The van der Waals surface area contributed by atoms with Crippen LogP contribution in [0.5, 0.6) is 0 Å². The highest BCUT2D eigenvalue weighted by molar-refractivity contribution is 4.98. The van der Waals surface area contributed by atoms with Crippen LogP contribution in [0.2, 0.25) is 0 Å². The van der Waals surface area contributed by atoms with Gasteiger partial charge in [0, 0.05) is 18.6 Å². The van der Waals surface area contributed by atoms with Crippen molar-refractivity contribution in [3.8, 4) is 0 Å². The van der Waals surface area contributed by atoms with Crippen molar-refractivity contribution in [2.75, 3.05) is 20.3 Å². The van der Waals surface area contributed by atoms with Gasteiger partial charge in [-0.05, 0) is 44.1 Å². The summed E-state index contributed by atoms with van der Waals surface area (Å²) >= 11 is 0. The zero-order valence-corrected chi connectivity index (χ0v) is 11.8. The normalized spacial score (nSPS) is 30.0. The number of ether oxygens (including phenoxy) is 1. The van der Waals surface area contributed by atoms with Crippen LogP contribution in [0.15, 0.2) is 0 Å². The highest BCUT2D eigenvalue weighted by Crippen LogP contribution is 2.48. The van der Waals surface area contributed by atoms with E-state index in [1.807, 2.05) is 0 Å². The van der Waals surface area contributed by atoms with E-state index >= 15 is 0 Å². The van der Waals surface area contributed by atoms with E-state index in [0.29, 0.717) is 11.5 Å². The lowest BCUT2D eigenvalue weighted by Gasteiger charge is -2.42. The Labute approximate surface area is 107 Å². The van der Waals surface area contributed by atoms with Gasteiger partial charge in [-0.15, -0.1) is 0 Å². The van der Waals surface area contributed by atoms with E-state index in [4.69, 9.17) is 4.74 Å². The maximum absolute atomic E-state index is 5.61. The molecule has 2 atom stereocenters. The third-order valence-corrected chi connectivity index (χ3v) is 4.82. The summed E-state index contributed by atoms with van der Waals surface area (Å²) in [5.41, 5.74) is 0.557. The molecule has 1 heterocycles. The fourth-order valence-corrected chi connectivity index (χ4v) is 4.39. The van der Waals surface area contributed by atoms with Crippen molar-refractivity contribution < 1.29 is 4.74 Å². The molecule has 0 aromatic heterocycles. The van der Waals surface area contributed by atoms with Crippen molar-refractivity contribution in [1.29, 1.82) is 0 Å². The maximum Gasteiger partial charge on any atom is 0.0510 e. The summed E-state index contributed by atoms with van der Waals surface area (Å²) in [4.78, 5) is 0. The van der Waals surface area contributed by atoms with Crippen LogP contribution in [-0.4, -0.2) is 26.3 Å². The Morgan fingerprint density at radius 2 is 2.00 bits per heavy atom. The molecule has 2 aliphatic rings. The standard InChI is InChI=1S/C15H29NO/c1-12(2)10-15(7-4-5-8-15)14(16-3)13-6-9-17-11-13/h12-14,16H,4-11H2,1-3H3. The molecule has 0 aromatic rings. The summed E-state index contributed by atoms with van der Waals surface area (Å²) in [7, 11) is 2.16. The van der Waals surface area contributed by atoms with Gasteiger partial charge in [0.25, 0.3) is 0 Å². The van der Waals surface area contributed by atoms with Crippen LogP contribution < -0.4 is 5.32 Å². The topological polar surface area (TPSA) is 21.3 Å². The first-order valence-corrected chi connectivity index (χ1v) is 7.43. The van der Waals surface area contributed by atoms with Crippen LogP contribution in [0.1, 0.15) is 52.4 Å². The second-order valence-corrected chi connectivity index (χ2v) is 6.56. The molecule has 2 unspecified atom stereocenters. The molecule has 1 aliphatic heterocycles. The summed E-state index contributed by atoms with van der Waals surface area (Å²) in [6.07, 6.45) is 8.34. The van der Waals surface area contributed by atoms with Gasteiger partial charge in [-0.3, -0.25) is 0 Å². The Balaban J connectivity index is 2.11. The fraction of sp³-hybridized carbons (Fsp3) is 1.00. The molecular weight excluding hydrogens is 210 g/mol. The monoisotopic (exact) mass is 239 g/mol. The summed E-state index contributed by atoms with van der Waals surface area (Å²) in [5, 5.41) is 3.65. The van der Waals surface area contributed by atoms with E-state index < -0.39 is 0 Å². The van der Waals surface area contributed by atoms with Crippen LogP contribution in [0.3, 0.4) is 0 Å². The Kier molecular flexibility index (Phi) is 4.48. The number of rotatable bonds is 5. The highest BCUT2D eigenvalue weighted by atomic mass is 16.5. The molecule has 17 heavy (non-hydrogen) atoms. The van der Waals surface area contributed by atoms with Crippen molar-refractivity contribution in [2.24, 2.45) is 17.3 Å². The smallest absolute Gasteiger partial charge is 0.0510 e. The summed E-state index contributed by atoms with van der Waals surface area (Å²) < 4.78 is 5.61. The SMILES string of the molecule is CNC(C1CCOC1)C1(CC(C)C)CCCC1. The average Bonchev–Trinajstić information content (AvgIpc) is 2.90. The van der Waals surface area contributed by atoms with Gasteiger partial charge in [-0.1, -0.05) is 26.7 Å². The number of hydrogen-bond donors (Lipinski definition) is 1. The van der Waals surface area contributed by atoms with E-state index in [0.717, 1.165) is 25.0 Å².